The minimum absolute atomic E-state index is 0.00722. The van der Waals surface area contributed by atoms with Gasteiger partial charge in [0.15, 0.2) is 5.78 Å². The van der Waals surface area contributed by atoms with E-state index in [9.17, 15) is 4.79 Å². The van der Waals surface area contributed by atoms with Crippen molar-refractivity contribution < 1.29 is 9.53 Å². The summed E-state index contributed by atoms with van der Waals surface area (Å²) in [7, 11) is 0. The first-order chi connectivity index (χ1) is 8.74. The fourth-order valence-corrected chi connectivity index (χ4v) is 2.31. The van der Waals surface area contributed by atoms with Crippen LogP contribution in [0.15, 0.2) is 42.5 Å². The van der Waals surface area contributed by atoms with Crippen molar-refractivity contribution in [1.29, 1.82) is 0 Å². The number of rotatable bonds is 2. The van der Waals surface area contributed by atoms with E-state index in [0.717, 1.165) is 17.7 Å². The maximum atomic E-state index is 12.3. The van der Waals surface area contributed by atoms with Gasteiger partial charge in [-0.1, -0.05) is 23.7 Å². The molecule has 1 heterocycles. The topological polar surface area (TPSA) is 26.3 Å². The molecule has 2 aromatic carbocycles. The Morgan fingerprint density at radius 2 is 1.94 bits per heavy atom. The standard InChI is InChI=1S/C15H11ClO2/c16-13-3-1-2-11(9-13)15(17)12-4-5-14-10(8-12)6-7-18-14/h1-5,8-9H,6-7H2. The van der Waals surface area contributed by atoms with E-state index in [0.29, 0.717) is 22.8 Å². The molecule has 0 fully saturated rings. The molecule has 0 radical (unpaired) electrons. The van der Waals surface area contributed by atoms with Gasteiger partial charge < -0.3 is 4.74 Å². The van der Waals surface area contributed by atoms with Crippen molar-refractivity contribution in [1.82, 2.24) is 0 Å². The number of fused-ring (bicyclic) bond motifs is 1. The Morgan fingerprint density at radius 3 is 2.78 bits per heavy atom. The molecule has 0 spiro atoms. The van der Waals surface area contributed by atoms with Crippen molar-refractivity contribution in [3.63, 3.8) is 0 Å². The van der Waals surface area contributed by atoms with Gasteiger partial charge >= 0.3 is 0 Å². The smallest absolute Gasteiger partial charge is 0.193 e. The van der Waals surface area contributed by atoms with E-state index in [-0.39, 0.29) is 5.78 Å². The predicted molar refractivity (Wildman–Crippen MR) is 70.5 cm³/mol. The molecule has 0 saturated heterocycles. The van der Waals surface area contributed by atoms with Crippen molar-refractivity contribution in [2.75, 3.05) is 6.61 Å². The van der Waals surface area contributed by atoms with E-state index in [4.69, 9.17) is 16.3 Å². The van der Waals surface area contributed by atoms with Crippen LogP contribution in [0.25, 0.3) is 0 Å². The Morgan fingerprint density at radius 1 is 1.11 bits per heavy atom. The summed E-state index contributed by atoms with van der Waals surface area (Å²) in [5, 5.41) is 0.574. The van der Waals surface area contributed by atoms with Gasteiger partial charge in [-0.3, -0.25) is 4.79 Å². The molecule has 0 aliphatic carbocycles. The van der Waals surface area contributed by atoms with Crippen molar-refractivity contribution in [3.05, 3.63) is 64.2 Å². The molecule has 18 heavy (non-hydrogen) atoms. The average molecular weight is 259 g/mol. The number of ketones is 1. The van der Waals surface area contributed by atoms with Crippen LogP contribution in [0.3, 0.4) is 0 Å². The van der Waals surface area contributed by atoms with E-state index in [1.165, 1.54) is 0 Å². The fourth-order valence-electron chi connectivity index (χ4n) is 2.12. The van der Waals surface area contributed by atoms with Gasteiger partial charge in [0.2, 0.25) is 0 Å². The van der Waals surface area contributed by atoms with Gasteiger partial charge in [0.25, 0.3) is 0 Å². The van der Waals surface area contributed by atoms with Crippen molar-refractivity contribution in [2.45, 2.75) is 6.42 Å². The number of carbonyl (C=O) groups is 1. The minimum atomic E-state index is -0.00722. The molecule has 0 unspecified atom stereocenters. The second-order valence-electron chi connectivity index (χ2n) is 4.26. The number of benzene rings is 2. The van der Waals surface area contributed by atoms with Crippen molar-refractivity contribution in [2.24, 2.45) is 0 Å². The lowest BCUT2D eigenvalue weighted by atomic mass is 10.0. The maximum Gasteiger partial charge on any atom is 0.193 e. The van der Waals surface area contributed by atoms with Gasteiger partial charge in [-0.25, -0.2) is 0 Å². The van der Waals surface area contributed by atoms with Crippen LogP contribution in [0.1, 0.15) is 21.5 Å². The first-order valence-corrected chi connectivity index (χ1v) is 6.18. The quantitative estimate of drug-likeness (QED) is 0.771. The highest BCUT2D eigenvalue weighted by Crippen LogP contribution is 2.27. The zero-order chi connectivity index (χ0) is 12.5. The van der Waals surface area contributed by atoms with E-state index in [1.807, 2.05) is 12.1 Å². The van der Waals surface area contributed by atoms with E-state index in [1.54, 1.807) is 30.3 Å². The summed E-state index contributed by atoms with van der Waals surface area (Å²) in [5.41, 5.74) is 2.39. The van der Waals surface area contributed by atoms with Crippen LogP contribution in [-0.2, 0) is 6.42 Å². The van der Waals surface area contributed by atoms with Crippen molar-refractivity contribution >= 4 is 17.4 Å². The predicted octanol–water partition coefficient (Wildman–Crippen LogP) is 3.51. The number of ether oxygens (including phenoxy) is 1. The summed E-state index contributed by atoms with van der Waals surface area (Å²) in [5.74, 6) is 0.879. The Balaban J connectivity index is 1.98. The second-order valence-corrected chi connectivity index (χ2v) is 4.70. The lowest BCUT2D eigenvalue weighted by Crippen LogP contribution is -2.01. The largest absolute Gasteiger partial charge is 0.493 e. The van der Waals surface area contributed by atoms with Crippen LogP contribution < -0.4 is 4.74 Å². The fraction of sp³-hybridized carbons (Fsp3) is 0.133. The van der Waals surface area contributed by atoms with Gasteiger partial charge in [-0.15, -0.1) is 0 Å². The summed E-state index contributed by atoms with van der Waals surface area (Å²) in [6, 6.07) is 12.6. The summed E-state index contributed by atoms with van der Waals surface area (Å²) in [6.07, 6.45) is 0.867. The lowest BCUT2D eigenvalue weighted by Gasteiger charge is -2.04. The van der Waals surface area contributed by atoms with Gasteiger partial charge in [-0.2, -0.15) is 0 Å². The zero-order valence-corrected chi connectivity index (χ0v) is 10.4. The lowest BCUT2D eigenvalue weighted by molar-refractivity contribution is 0.103. The van der Waals surface area contributed by atoms with Crippen LogP contribution >= 0.6 is 11.6 Å². The molecular weight excluding hydrogens is 248 g/mol. The molecule has 2 nitrogen and oxygen atoms in total. The third-order valence-electron chi connectivity index (χ3n) is 3.04. The molecule has 0 bridgehead atoms. The number of hydrogen-bond donors (Lipinski definition) is 0. The molecule has 0 atom stereocenters. The Bertz CT molecular complexity index is 620. The first-order valence-electron chi connectivity index (χ1n) is 5.80. The van der Waals surface area contributed by atoms with E-state index >= 15 is 0 Å². The summed E-state index contributed by atoms with van der Waals surface area (Å²) in [6.45, 7) is 0.699. The van der Waals surface area contributed by atoms with Crippen LogP contribution in [0.5, 0.6) is 5.75 Å². The normalized spacial score (nSPS) is 12.9. The van der Waals surface area contributed by atoms with Gasteiger partial charge in [0.1, 0.15) is 5.75 Å². The Labute approximate surface area is 110 Å². The SMILES string of the molecule is O=C(c1cccc(Cl)c1)c1ccc2c(c1)CCO2. The molecule has 0 N–H and O–H groups in total. The molecule has 3 rings (SSSR count). The summed E-state index contributed by atoms with van der Waals surface area (Å²) in [4.78, 5) is 12.3. The molecule has 3 heteroatoms. The molecule has 2 aromatic rings. The molecule has 0 saturated carbocycles. The van der Waals surface area contributed by atoms with Gasteiger partial charge in [-0.05, 0) is 35.9 Å². The molecule has 1 aliphatic rings. The third-order valence-corrected chi connectivity index (χ3v) is 3.27. The van der Waals surface area contributed by atoms with Crippen molar-refractivity contribution in [3.8, 4) is 5.75 Å². The highest BCUT2D eigenvalue weighted by molar-refractivity contribution is 6.31. The maximum absolute atomic E-state index is 12.3. The Hall–Kier alpha value is -1.80. The van der Waals surface area contributed by atoms with E-state index < -0.39 is 0 Å². The minimum Gasteiger partial charge on any atom is -0.493 e. The third kappa shape index (κ3) is 2.00. The van der Waals surface area contributed by atoms with Crippen LogP contribution in [0.4, 0.5) is 0 Å². The second kappa shape index (κ2) is 4.46. The monoisotopic (exact) mass is 258 g/mol. The summed E-state index contributed by atoms with van der Waals surface area (Å²) >= 11 is 5.90. The van der Waals surface area contributed by atoms with E-state index in [2.05, 4.69) is 0 Å². The first kappa shape index (κ1) is 11.3. The molecule has 90 valence electrons. The zero-order valence-electron chi connectivity index (χ0n) is 9.65. The molecule has 1 aliphatic heterocycles. The summed E-state index contributed by atoms with van der Waals surface area (Å²) < 4.78 is 5.43. The number of halogens is 1. The highest BCUT2D eigenvalue weighted by Gasteiger charge is 2.16. The van der Waals surface area contributed by atoms with Crippen LogP contribution in [-0.4, -0.2) is 12.4 Å². The number of carbonyl (C=O) groups excluding carboxylic acids is 1. The Kier molecular flexibility index (Phi) is 2.80. The average Bonchev–Trinajstić information content (AvgIpc) is 2.85. The molecule has 0 aromatic heterocycles. The number of hydrogen-bond acceptors (Lipinski definition) is 2. The molecule has 0 amide bonds. The van der Waals surface area contributed by atoms with Gasteiger partial charge in [0.05, 0.1) is 6.61 Å². The molecular formula is C15H11ClO2. The van der Waals surface area contributed by atoms with Gasteiger partial charge in [0, 0.05) is 22.6 Å². The van der Waals surface area contributed by atoms with Crippen LogP contribution in [0, 0.1) is 0 Å². The van der Waals surface area contributed by atoms with Crippen LogP contribution in [0.2, 0.25) is 5.02 Å². The highest BCUT2D eigenvalue weighted by atomic mass is 35.5.